The minimum absolute atomic E-state index is 0.0217. The maximum absolute atomic E-state index is 12.1. The van der Waals surface area contributed by atoms with Gasteiger partial charge in [0.2, 0.25) is 0 Å². The Bertz CT molecular complexity index is 1100. The standard InChI is InChI=1S/C22H20N4O5/c1-30-21-12-16(13-24-25-22(27)17-5-7-18(23)8-6-17)4-11-20(21)31-14-15-2-9-19(10-3-15)26(28)29/h2-13H,14,23H2,1H3,(H,25,27)/b24-13+. The molecule has 0 aliphatic carbocycles. The third kappa shape index (κ3) is 5.80. The molecular formula is C22H20N4O5. The lowest BCUT2D eigenvalue weighted by Gasteiger charge is -2.11. The molecule has 0 aliphatic heterocycles. The monoisotopic (exact) mass is 420 g/mol. The number of nitrogens with two attached hydrogens (primary N) is 1. The molecule has 9 nitrogen and oxygen atoms in total. The molecule has 3 rings (SSSR count). The number of nitrogen functional groups attached to an aromatic ring is 1. The summed E-state index contributed by atoms with van der Waals surface area (Å²) in [7, 11) is 1.51. The minimum atomic E-state index is -0.452. The number of nitrogens with zero attached hydrogens (tertiary/aromatic N) is 2. The summed E-state index contributed by atoms with van der Waals surface area (Å²) in [6, 6.07) is 17.8. The van der Waals surface area contributed by atoms with Crippen molar-refractivity contribution in [1.82, 2.24) is 5.43 Å². The molecule has 31 heavy (non-hydrogen) atoms. The quantitative estimate of drug-likeness (QED) is 0.248. The lowest BCUT2D eigenvalue weighted by atomic mass is 10.2. The Morgan fingerprint density at radius 2 is 1.81 bits per heavy atom. The van der Waals surface area contributed by atoms with Gasteiger partial charge in [-0.1, -0.05) is 0 Å². The number of benzene rings is 3. The third-order valence-electron chi connectivity index (χ3n) is 4.28. The molecule has 0 fully saturated rings. The molecule has 158 valence electrons. The number of carbonyl (C=O) groups excluding carboxylic acids is 1. The Morgan fingerprint density at radius 1 is 1.10 bits per heavy atom. The number of carbonyl (C=O) groups is 1. The molecule has 0 saturated carbocycles. The van der Waals surface area contributed by atoms with Crippen molar-refractivity contribution in [2.75, 3.05) is 12.8 Å². The number of methoxy groups -OCH3 is 1. The second kappa shape index (κ2) is 9.88. The highest BCUT2D eigenvalue weighted by atomic mass is 16.6. The van der Waals surface area contributed by atoms with Crippen molar-refractivity contribution in [3.63, 3.8) is 0 Å². The van der Waals surface area contributed by atoms with Gasteiger partial charge in [0.1, 0.15) is 6.61 Å². The highest BCUT2D eigenvalue weighted by molar-refractivity contribution is 5.95. The average molecular weight is 420 g/mol. The van der Waals surface area contributed by atoms with Crippen molar-refractivity contribution in [3.8, 4) is 11.5 Å². The molecular weight excluding hydrogens is 400 g/mol. The van der Waals surface area contributed by atoms with Gasteiger partial charge < -0.3 is 15.2 Å². The number of hydrazone groups is 1. The number of anilines is 1. The largest absolute Gasteiger partial charge is 0.493 e. The fourth-order valence-electron chi connectivity index (χ4n) is 2.62. The molecule has 0 aromatic heterocycles. The zero-order valence-corrected chi connectivity index (χ0v) is 16.6. The van der Waals surface area contributed by atoms with Gasteiger partial charge in [-0.25, -0.2) is 5.43 Å². The highest BCUT2D eigenvalue weighted by Crippen LogP contribution is 2.28. The first-order valence-electron chi connectivity index (χ1n) is 9.19. The van der Waals surface area contributed by atoms with E-state index < -0.39 is 4.92 Å². The molecule has 3 aromatic rings. The normalized spacial score (nSPS) is 10.6. The SMILES string of the molecule is COc1cc(/C=N/NC(=O)c2ccc(N)cc2)ccc1OCc1ccc([N+](=O)[O-])cc1. The zero-order valence-electron chi connectivity index (χ0n) is 16.6. The molecule has 1 amide bonds. The Balaban J connectivity index is 1.61. The molecule has 0 radical (unpaired) electrons. The summed E-state index contributed by atoms with van der Waals surface area (Å²) in [5, 5.41) is 14.7. The summed E-state index contributed by atoms with van der Waals surface area (Å²) in [6.07, 6.45) is 1.48. The van der Waals surface area contributed by atoms with E-state index in [9.17, 15) is 14.9 Å². The van der Waals surface area contributed by atoms with Gasteiger partial charge in [-0.3, -0.25) is 14.9 Å². The first kappa shape index (κ1) is 21.3. The molecule has 3 N–H and O–H groups in total. The zero-order chi connectivity index (χ0) is 22.2. The molecule has 0 aliphatic rings. The van der Waals surface area contributed by atoms with Crippen LogP contribution in [-0.2, 0) is 6.61 Å². The Labute approximate surface area is 178 Å². The van der Waals surface area contributed by atoms with Gasteiger partial charge in [0.15, 0.2) is 11.5 Å². The molecule has 0 unspecified atom stereocenters. The summed E-state index contributed by atoms with van der Waals surface area (Å²) < 4.78 is 11.1. The van der Waals surface area contributed by atoms with Crippen LogP contribution in [0.4, 0.5) is 11.4 Å². The van der Waals surface area contributed by atoms with Crippen LogP contribution in [0.2, 0.25) is 0 Å². The van der Waals surface area contributed by atoms with E-state index in [2.05, 4.69) is 10.5 Å². The average Bonchev–Trinajstić information content (AvgIpc) is 2.78. The third-order valence-corrected chi connectivity index (χ3v) is 4.28. The smallest absolute Gasteiger partial charge is 0.271 e. The van der Waals surface area contributed by atoms with Crippen LogP contribution < -0.4 is 20.6 Å². The van der Waals surface area contributed by atoms with Gasteiger partial charge in [0.05, 0.1) is 18.2 Å². The number of hydrogen-bond acceptors (Lipinski definition) is 7. The Morgan fingerprint density at radius 3 is 2.45 bits per heavy atom. The number of nitrogens with one attached hydrogen (secondary N) is 1. The van der Waals surface area contributed by atoms with E-state index in [0.29, 0.717) is 28.3 Å². The second-order valence-corrected chi connectivity index (χ2v) is 6.44. The predicted octanol–water partition coefficient (Wildman–Crippen LogP) is 3.53. The van der Waals surface area contributed by atoms with Crippen molar-refractivity contribution in [2.24, 2.45) is 5.10 Å². The van der Waals surface area contributed by atoms with Gasteiger partial charge in [-0.05, 0) is 65.7 Å². The molecule has 0 atom stereocenters. The number of nitro groups is 1. The van der Waals surface area contributed by atoms with Gasteiger partial charge >= 0.3 is 0 Å². The molecule has 0 bridgehead atoms. The van der Waals surface area contributed by atoms with Crippen molar-refractivity contribution >= 4 is 23.5 Å². The first-order chi connectivity index (χ1) is 15.0. The summed E-state index contributed by atoms with van der Waals surface area (Å²) in [4.78, 5) is 22.3. The fourth-order valence-corrected chi connectivity index (χ4v) is 2.62. The maximum atomic E-state index is 12.1. The van der Waals surface area contributed by atoms with Crippen LogP contribution in [0.1, 0.15) is 21.5 Å². The number of nitro benzene ring substituents is 1. The summed E-state index contributed by atoms with van der Waals surface area (Å²) in [5.41, 5.74) is 10.6. The Hall–Kier alpha value is -4.40. The van der Waals surface area contributed by atoms with E-state index in [0.717, 1.165) is 5.56 Å². The van der Waals surface area contributed by atoms with Crippen LogP contribution in [0, 0.1) is 10.1 Å². The van der Waals surface area contributed by atoms with E-state index >= 15 is 0 Å². The van der Waals surface area contributed by atoms with Crippen LogP contribution in [0.3, 0.4) is 0 Å². The fraction of sp³-hybridized carbons (Fsp3) is 0.0909. The number of non-ortho nitro benzene ring substituents is 1. The van der Waals surface area contributed by atoms with Gasteiger partial charge in [0.25, 0.3) is 11.6 Å². The van der Waals surface area contributed by atoms with E-state index in [1.165, 1.54) is 25.5 Å². The lowest BCUT2D eigenvalue weighted by Crippen LogP contribution is -2.17. The maximum Gasteiger partial charge on any atom is 0.271 e. The molecule has 0 saturated heterocycles. The molecule has 0 spiro atoms. The summed E-state index contributed by atoms with van der Waals surface area (Å²) >= 11 is 0. The van der Waals surface area contributed by atoms with Crippen molar-refractivity contribution < 1.29 is 19.2 Å². The van der Waals surface area contributed by atoms with Gasteiger partial charge in [-0.2, -0.15) is 5.10 Å². The second-order valence-electron chi connectivity index (χ2n) is 6.44. The summed E-state index contributed by atoms with van der Waals surface area (Å²) in [5.74, 6) is 0.630. The first-order valence-corrected chi connectivity index (χ1v) is 9.19. The van der Waals surface area contributed by atoms with Gasteiger partial charge in [0, 0.05) is 23.4 Å². The minimum Gasteiger partial charge on any atom is -0.493 e. The molecule has 0 heterocycles. The van der Waals surface area contributed by atoms with Crippen molar-refractivity contribution in [3.05, 3.63) is 93.5 Å². The van der Waals surface area contributed by atoms with Crippen LogP contribution >= 0.6 is 0 Å². The van der Waals surface area contributed by atoms with E-state index in [1.807, 2.05) is 0 Å². The van der Waals surface area contributed by atoms with Crippen molar-refractivity contribution in [1.29, 1.82) is 0 Å². The lowest BCUT2D eigenvalue weighted by molar-refractivity contribution is -0.384. The Kier molecular flexibility index (Phi) is 6.79. The van der Waals surface area contributed by atoms with Crippen LogP contribution in [-0.4, -0.2) is 24.2 Å². The van der Waals surface area contributed by atoms with Crippen LogP contribution in [0.25, 0.3) is 0 Å². The number of rotatable bonds is 8. The highest BCUT2D eigenvalue weighted by Gasteiger charge is 2.08. The van der Waals surface area contributed by atoms with Crippen molar-refractivity contribution in [2.45, 2.75) is 6.61 Å². The van der Waals surface area contributed by atoms with Crippen LogP contribution in [0.15, 0.2) is 71.8 Å². The molecule has 3 aromatic carbocycles. The van der Waals surface area contributed by atoms with E-state index in [-0.39, 0.29) is 18.2 Å². The number of ether oxygens (including phenoxy) is 2. The molecule has 9 heteroatoms. The topological polar surface area (TPSA) is 129 Å². The number of amides is 1. The van der Waals surface area contributed by atoms with Crippen LogP contribution in [0.5, 0.6) is 11.5 Å². The summed E-state index contributed by atoms with van der Waals surface area (Å²) in [6.45, 7) is 0.222. The van der Waals surface area contributed by atoms with Gasteiger partial charge in [-0.15, -0.1) is 0 Å². The number of hydrogen-bond donors (Lipinski definition) is 2. The predicted molar refractivity (Wildman–Crippen MR) is 116 cm³/mol. The van der Waals surface area contributed by atoms with E-state index in [1.54, 1.807) is 54.6 Å². The van der Waals surface area contributed by atoms with E-state index in [4.69, 9.17) is 15.2 Å².